The molecule has 10 heteroatoms. The average Bonchev–Trinajstić information content (AvgIpc) is 3.18. The van der Waals surface area contributed by atoms with E-state index in [0.29, 0.717) is 18.0 Å². The highest BCUT2D eigenvalue weighted by atomic mass is 32.2. The van der Waals surface area contributed by atoms with Crippen LogP contribution in [0.25, 0.3) is 0 Å². The van der Waals surface area contributed by atoms with Gasteiger partial charge in [-0.15, -0.1) is 0 Å². The van der Waals surface area contributed by atoms with Crippen molar-refractivity contribution in [3.63, 3.8) is 0 Å². The van der Waals surface area contributed by atoms with E-state index in [1.165, 1.54) is 12.1 Å². The second-order valence-electron chi connectivity index (χ2n) is 7.81. The van der Waals surface area contributed by atoms with E-state index in [-0.39, 0.29) is 17.9 Å². The van der Waals surface area contributed by atoms with E-state index in [0.717, 1.165) is 15.4 Å². The highest BCUT2D eigenvalue weighted by Gasteiger charge is 2.44. The molecule has 1 heterocycles. The third kappa shape index (κ3) is 5.70. The number of hydrogen-bond acceptors (Lipinski definition) is 7. The molecular weight excluding hydrogens is 448 g/mol. The number of carbonyl (C=O) groups excluding carboxylic acids is 2. The SMILES string of the molecule is CCOc1ccccc1NC(=O)COC(=O)[C@@H]1CC(O)CN1S(=O)(=O)c1ccc(C)c(C)c1. The zero-order valence-corrected chi connectivity index (χ0v) is 19.6. The van der Waals surface area contributed by atoms with Gasteiger partial charge in [-0.25, -0.2) is 8.42 Å². The molecule has 1 fully saturated rings. The van der Waals surface area contributed by atoms with Crippen molar-refractivity contribution in [2.75, 3.05) is 25.1 Å². The molecule has 33 heavy (non-hydrogen) atoms. The molecule has 0 bridgehead atoms. The van der Waals surface area contributed by atoms with Crippen LogP contribution in [-0.4, -0.2) is 61.6 Å². The van der Waals surface area contributed by atoms with Gasteiger partial charge in [0.05, 0.1) is 23.3 Å². The van der Waals surface area contributed by atoms with Crippen molar-refractivity contribution < 1.29 is 32.6 Å². The Morgan fingerprint density at radius 1 is 1.15 bits per heavy atom. The summed E-state index contributed by atoms with van der Waals surface area (Å²) in [5.74, 6) is -1.02. The van der Waals surface area contributed by atoms with Gasteiger partial charge in [-0.1, -0.05) is 18.2 Å². The number of hydrogen-bond donors (Lipinski definition) is 2. The fourth-order valence-corrected chi connectivity index (χ4v) is 5.26. The molecule has 2 aromatic rings. The smallest absolute Gasteiger partial charge is 0.325 e. The van der Waals surface area contributed by atoms with Crippen LogP contribution in [0.1, 0.15) is 24.5 Å². The number of aryl methyl sites for hydroxylation is 2. The number of para-hydroxylation sites is 2. The van der Waals surface area contributed by atoms with Gasteiger partial charge < -0.3 is 19.9 Å². The first kappa shape index (κ1) is 24.7. The summed E-state index contributed by atoms with van der Waals surface area (Å²) in [6.07, 6.45) is -1.13. The van der Waals surface area contributed by atoms with Crippen LogP contribution in [0.5, 0.6) is 5.75 Å². The van der Waals surface area contributed by atoms with E-state index in [1.54, 1.807) is 37.3 Å². The maximum Gasteiger partial charge on any atom is 0.325 e. The lowest BCUT2D eigenvalue weighted by atomic mass is 10.1. The molecule has 0 aromatic heterocycles. The van der Waals surface area contributed by atoms with E-state index in [1.807, 2.05) is 13.8 Å². The Hall–Kier alpha value is -2.95. The van der Waals surface area contributed by atoms with Gasteiger partial charge in [-0.3, -0.25) is 9.59 Å². The van der Waals surface area contributed by atoms with Crippen LogP contribution in [0.3, 0.4) is 0 Å². The fraction of sp³-hybridized carbons (Fsp3) is 0.391. The summed E-state index contributed by atoms with van der Waals surface area (Å²) in [5.41, 5.74) is 2.15. The molecule has 2 aromatic carbocycles. The predicted molar refractivity (Wildman–Crippen MR) is 121 cm³/mol. The van der Waals surface area contributed by atoms with Crippen molar-refractivity contribution in [3.05, 3.63) is 53.6 Å². The molecule has 1 amide bonds. The van der Waals surface area contributed by atoms with Crippen molar-refractivity contribution in [2.24, 2.45) is 0 Å². The average molecular weight is 477 g/mol. The number of nitrogens with one attached hydrogen (secondary N) is 1. The molecule has 3 rings (SSSR count). The number of esters is 1. The van der Waals surface area contributed by atoms with Gasteiger partial charge in [-0.05, 0) is 56.2 Å². The Balaban J connectivity index is 1.68. The first-order valence-electron chi connectivity index (χ1n) is 10.6. The number of carbonyl (C=O) groups is 2. The maximum atomic E-state index is 13.2. The van der Waals surface area contributed by atoms with Crippen LogP contribution in [0.2, 0.25) is 0 Å². The minimum absolute atomic E-state index is 0.0303. The van der Waals surface area contributed by atoms with Gasteiger partial charge >= 0.3 is 5.97 Å². The first-order valence-corrected chi connectivity index (χ1v) is 12.0. The van der Waals surface area contributed by atoms with E-state index in [9.17, 15) is 23.1 Å². The van der Waals surface area contributed by atoms with Crippen molar-refractivity contribution >= 4 is 27.6 Å². The van der Waals surface area contributed by atoms with Crippen LogP contribution < -0.4 is 10.1 Å². The zero-order valence-electron chi connectivity index (χ0n) is 18.8. The summed E-state index contributed by atoms with van der Waals surface area (Å²) >= 11 is 0. The number of aliphatic hydroxyl groups is 1. The number of β-amino-alcohol motifs (C(OH)–C–C–N with tert-alkyl or cyclic N) is 1. The third-order valence-electron chi connectivity index (χ3n) is 5.40. The van der Waals surface area contributed by atoms with Crippen LogP contribution in [0.4, 0.5) is 5.69 Å². The molecule has 1 saturated heterocycles. The summed E-state index contributed by atoms with van der Waals surface area (Å²) < 4.78 is 37.8. The van der Waals surface area contributed by atoms with Gasteiger partial charge in [0.25, 0.3) is 5.91 Å². The molecule has 2 N–H and O–H groups in total. The molecule has 1 unspecified atom stereocenters. The fourth-order valence-electron chi connectivity index (χ4n) is 3.54. The topological polar surface area (TPSA) is 122 Å². The highest BCUT2D eigenvalue weighted by Crippen LogP contribution is 2.28. The third-order valence-corrected chi connectivity index (χ3v) is 7.27. The quantitative estimate of drug-likeness (QED) is 0.559. The second kappa shape index (κ2) is 10.3. The number of benzene rings is 2. The Morgan fingerprint density at radius 2 is 1.88 bits per heavy atom. The Kier molecular flexibility index (Phi) is 7.72. The minimum atomic E-state index is -4.05. The number of ether oxygens (including phenoxy) is 2. The lowest BCUT2D eigenvalue weighted by Crippen LogP contribution is -2.42. The Labute approximate surface area is 193 Å². The molecule has 0 spiro atoms. The molecule has 0 saturated carbocycles. The van der Waals surface area contributed by atoms with Crippen LogP contribution in [0.15, 0.2) is 47.4 Å². The standard InChI is InChI=1S/C23H28N2O7S/c1-4-31-21-8-6-5-7-19(21)24-22(27)14-32-23(28)20-12-17(26)13-25(20)33(29,30)18-10-9-15(2)16(3)11-18/h5-11,17,20,26H,4,12-14H2,1-3H3,(H,24,27)/t17?,20-/m0/s1. The second-order valence-corrected chi connectivity index (χ2v) is 9.70. The lowest BCUT2D eigenvalue weighted by Gasteiger charge is -2.22. The molecule has 1 aliphatic rings. The zero-order chi connectivity index (χ0) is 24.2. The number of aliphatic hydroxyl groups excluding tert-OH is 1. The Morgan fingerprint density at radius 3 is 2.58 bits per heavy atom. The van der Waals surface area contributed by atoms with Crippen molar-refractivity contribution in [3.8, 4) is 5.75 Å². The summed E-state index contributed by atoms with van der Waals surface area (Å²) in [4.78, 5) is 25.0. The van der Waals surface area contributed by atoms with Crippen LogP contribution in [-0.2, 0) is 24.3 Å². The summed E-state index contributed by atoms with van der Waals surface area (Å²) in [6, 6.07) is 10.3. The summed E-state index contributed by atoms with van der Waals surface area (Å²) in [7, 11) is -4.05. The van der Waals surface area contributed by atoms with E-state index >= 15 is 0 Å². The lowest BCUT2D eigenvalue weighted by molar-refractivity contribution is -0.150. The van der Waals surface area contributed by atoms with E-state index < -0.39 is 40.7 Å². The summed E-state index contributed by atoms with van der Waals surface area (Å²) in [6.45, 7) is 5.04. The normalized spacial score (nSPS) is 18.7. The van der Waals surface area contributed by atoms with E-state index in [2.05, 4.69) is 5.32 Å². The maximum absolute atomic E-state index is 13.2. The van der Waals surface area contributed by atoms with Crippen LogP contribution >= 0.6 is 0 Å². The highest BCUT2D eigenvalue weighted by molar-refractivity contribution is 7.89. The predicted octanol–water partition coefficient (Wildman–Crippen LogP) is 2.01. The van der Waals surface area contributed by atoms with E-state index in [4.69, 9.17) is 9.47 Å². The van der Waals surface area contributed by atoms with Gasteiger partial charge in [0.15, 0.2) is 6.61 Å². The van der Waals surface area contributed by atoms with Crippen molar-refractivity contribution in [2.45, 2.75) is 44.2 Å². The van der Waals surface area contributed by atoms with Crippen LogP contribution in [0, 0.1) is 13.8 Å². The molecule has 9 nitrogen and oxygen atoms in total. The molecule has 178 valence electrons. The van der Waals surface area contributed by atoms with Gasteiger partial charge in [-0.2, -0.15) is 4.31 Å². The molecule has 0 aliphatic carbocycles. The van der Waals surface area contributed by atoms with Crippen molar-refractivity contribution in [1.29, 1.82) is 0 Å². The minimum Gasteiger partial charge on any atom is -0.492 e. The molecule has 1 aliphatic heterocycles. The number of amides is 1. The number of nitrogens with zero attached hydrogens (tertiary/aromatic N) is 1. The van der Waals surface area contributed by atoms with Crippen molar-refractivity contribution in [1.82, 2.24) is 4.31 Å². The van der Waals surface area contributed by atoms with Gasteiger partial charge in [0, 0.05) is 13.0 Å². The number of anilines is 1. The van der Waals surface area contributed by atoms with Gasteiger partial charge in [0.2, 0.25) is 10.0 Å². The molecule has 0 radical (unpaired) electrons. The monoisotopic (exact) mass is 476 g/mol. The molecule has 2 atom stereocenters. The largest absolute Gasteiger partial charge is 0.492 e. The van der Waals surface area contributed by atoms with Gasteiger partial charge in [0.1, 0.15) is 11.8 Å². The molecular formula is C23H28N2O7S. The Bertz CT molecular complexity index is 1130. The number of rotatable bonds is 8. The number of sulfonamides is 1. The summed E-state index contributed by atoms with van der Waals surface area (Å²) in [5, 5.41) is 12.7. The first-order chi connectivity index (χ1) is 15.6.